The van der Waals surface area contributed by atoms with Crippen LogP contribution in [0.1, 0.15) is 33.6 Å². The van der Waals surface area contributed by atoms with Crippen LogP contribution >= 0.6 is 0 Å². The van der Waals surface area contributed by atoms with Crippen LogP contribution in [0.15, 0.2) is 0 Å². The summed E-state index contributed by atoms with van der Waals surface area (Å²) in [4.78, 5) is 10.7. The number of amides is 1. The van der Waals surface area contributed by atoms with E-state index in [1.165, 1.54) is 6.92 Å². The van der Waals surface area contributed by atoms with Gasteiger partial charge in [0.1, 0.15) is 0 Å². The summed E-state index contributed by atoms with van der Waals surface area (Å²) >= 11 is 0. The van der Waals surface area contributed by atoms with E-state index in [1.807, 2.05) is 0 Å². The summed E-state index contributed by atoms with van der Waals surface area (Å²) in [6.45, 7) is 7.09. The van der Waals surface area contributed by atoms with Gasteiger partial charge >= 0.3 is 0 Å². The van der Waals surface area contributed by atoms with E-state index in [0.29, 0.717) is 13.1 Å². The quantitative estimate of drug-likeness (QED) is 0.647. The van der Waals surface area contributed by atoms with Crippen molar-refractivity contribution < 1.29 is 4.79 Å². The lowest BCUT2D eigenvalue weighted by Crippen LogP contribution is -2.41. The first-order valence-electron chi connectivity index (χ1n) is 4.54. The van der Waals surface area contributed by atoms with Crippen LogP contribution in [0.3, 0.4) is 0 Å². The van der Waals surface area contributed by atoms with Gasteiger partial charge in [-0.15, -0.1) is 0 Å². The van der Waals surface area contributed by atoms with Crippen molar-refractivity contribution in [2.45, 2.75) is 33.6 Å². The van der Waals surface area contributed by atoms with Gasteiger partial charge in [-0.3, -0.25) is 4.79 Å². The average Bonchev–Trinajstić information content (AvgIpc) is 2.08. The summed E-state index contributed by atoms with van der Waals surface area (Å²) in [5.74, 6) is 0.0229. The summed E-state index contributed by atoms with van der Waals surface area (Å²) in [5, 5.41) is 2.82. The SMILES string of the molecule is CCC(CC)(CN)CNC(C)=O. The number of nitrogens with one attached hydrogen (secondary N) is 1. The van der Waals surface area contributed by atoms with E-state index in [-0.39, 0.29) is 11.3 Å². The minimum atomic E-state index is 0.0229. The Morgan fingerprint density at radius 1 is 1.42 bits per heavy atom. The maximum atomic E-state index is 10.7. The molecule has 0 atom stereocenters. The predicted molar refractivity (Wildman–Crippen MR) is 50.8 cm³/mol. The van der Waals surface area contributed by atoms with E-state index >= 15 is 0 Å². The molecule has 1 amide bonds. The van der Waals surface area contributed by atoms with Gasteiger partial charge in [0.05, 0.1) is 0 Å². The second-order valence-corrected chi connectivity index (χ2v) is 3.32. The third kappa shape index (κ3) is 3.22. The molecule has 0 fully saturated rings. The lowest BCUT2D eigenvalue weighted by atomic mass is 9.82. The zero-order valence-electron chi connectivity index (χ0n) is 8.31. The van der Waals surface area contributed by atoms with Crippen molar-refractivity contribution in [3.05, 3.63) is 0 Å². The lowest BCUT2D eigenvalue weighted by Gasteiger charge is -2.29. The molecule has 12 heavy (non-hydrogen) atoms. The molecule has 0 aromatic rings. The molecule has 3 nitrogen and oxygen atoms in total. The molecular formula is C9H20N2O. The first-order chi connectivity index (χ1) is 5.60. The monoisotopic (exact) mass is 172 g/mol. The number of nitrogens with two attached hydrogens (primary N) is 1. The second-order valence-electron chi connectivity index (χ2n) is 3.32. The standard InChI is InChI=1S/C9H20N2O/c1-4-9(5-2,6-10)7-11-8(3)12/h4-7,10H2,1-3H3,(H,11,12). The van der Waals surface area contributed by atoms with Crippen LogP contribution in [0, 0.1) is 5.41 Å². The van der Waals surface area contributed by atoms with Crippen LogP contribution in [0.25, 0.3) is 0 Å². The van der Waals surface area contributed by atoms with Gasteiger partial charge < -0.3 is 11.1 Å². The number of rotatable bonds is 5. The van der Waals surface area contributed by atoms with Gasteiger partial charge in [-0.2, -0.15) is 0 Å². The number of hydrogen-bond acceptors (Lipinski definition) is 2. The topological polar surface area (TPSA) is 55.1 Å². The third-order valence-electron chi connectivity index (χ3n) is 2.65. The fourth-order valence-electron chi connectivity index (χ4n) is 1.17. The first-order valence-corrected chi connectivity index (χ1v) is 4.54. The minimum absolute atomic E-state index is 0.0229. The summed E-state index contributed by atoms with van der Waals surface area (Å²) in [6.07, 6.45) is 2.03. The van der Waals surface area contributed by atoms with Gasteiger partial charge in [0.15, 0.2) is 0 Å². The average molecular weight is 172 g/mol. The molecule has 0 rings (SSSR count). The number of hydrogen-bond donors (Lipinski definition) is 2. The van der Waals surface area contributed by atoms with Crippen molar-refractivity contribution in [2.75, 3.05) is 13.1 Å². The largest absolute Gasteiger partial charge is 0.356 e. The van der Waals surface area contributed by atoms with Crippen molar-refractivity contribution >= 4 is 5.91 Å². The van der Waals surface area contributed by atoms with Crippen molar-refractivity contribution in [1.82, 2.24) is 5.32 Å². The highest BCUT2D eigenvalue weighted by molar-refractivity contribution is 5.72. The number of carbonyl (C=O) groups excluding carboxylic acids is 1. The number of carbonyl (C=O) groups is 1. The molecule has 0 aromatic heterocycles. The van der Waals surface area contributed by atoms with Crippen LogP contribution in [-0.4, -0.2) is 19.0 Å². The Balaban J connectivity index is 4.01. The van der Waals surface area contributed by atoms with E-state index in [0.717, 1.165) is 12.8 Å². The Labute approximate surface area is 74.7 Å². The fourth-order valence-corrected chi connectivity index (χ4v) is 1.17. The molecule has 0 saturated carbocycles. The zero-order chi connectivity index (χ0) is 9.61. The predicted octanol–water partition coefficient (Wildman–Crippen LogP) is 0.888. The van der Waals surface area contributed by atoms with Gasteiger partial charge in [0.2, 0.25) is 5.91 Å². The smallest absolute Gasteiger partial charge is 0.216 e. The van der Waals surface area contributed by atoms with Gasteiger partial charge in [-0.25, -0.2) is 0 Å². The van der Waals surface area contributed by atoms with Crippen LogP contribution in [0.2, 0.25) is 0 Å². The molecule has 0 radical (unpaired) electrons. The molecule has 72 valence electrons. The molecule has 0 heterocycles. The highest BCUT2D eigenvalue weighted by Crippen LogP contribution is 2.23. The maximum Gasteiger partial charge on any atom is 0.216 e. The summed E-state index contributed by atoms with van der Waals surface area (Å²) < 4.78 is 0. The summed E-state index contributed by atoms with van der Waals surface area (Å²) in [6, 6.07) is 0. The lowest BCUT2D eigenvalue weighted by molar-refractivity contribution is -0.119. The molecule has 0 bridgehead atoms. The van der Waals surface area contributed by atoms with Gasteiger partial charge in [0, 0.05) is 13.5 Å². The van der Waals surface area contributed by atoms with Crippen molar-refractivity contribution in [3.63, 3.8) is 0 Å². The van der Waals surface area contributed by atoms with E-state index in [1.54, 1.807) is 0 Å². The van der Waals surface area contributed by atoms with Crippen molar-refractivity contribution in [3.8, 4) is 0 Å². The Bertz CT molecular complexity index is 133. The molecule has 0 aromatic carbocycles. The van der Waals surface area contributed by atoms with Gasteiger partial charge in [-0.1, -0.05) is 13.8 Å². The molecule has 0 aliphatic rings. The van der Waals surface area contributed by atoms with Crippen molar-refractivity contribution in [1.29, 1.82) is 0 Å². The summed E-state index contributed by atoms with van der Waals surface area (Å²) in [5.41, 5.74) is 5.77. The van der Waals surface area contributed by atoms with Crippen LogP contribution in [0.4, 0.5) is 0 Å². The van der Waals surface area contributed by atoms with E-state index in [9.17, 15) is 4.79 Å². The van der Waals surface area contributed by atoms with E-state index in [2.05, 4.69) is 19.2 Å². The van der Waals surface area contributed by atoms with Crippen LogP contribution in [-0.2, 0) is 4.79 Å². The molecule has 0 spiro atoms. The zero-order valence-corrected chi connectivity index (χ0v) is 8.31. The summed E-state index contributed by atoms with van der Waals surface area (Å²) in [7, 11) is 0. The maximum absolute atomic E-state index is 10.7. The highest BCUT2D eigenvalue weighted by atomic mass is 16.1. The van der Waals surface area contributed by atoms with E-state index < -0.39 is 0 Å². The second kappa shape index (κ2) is 5.14. The Hall–Kier alpha value is -0.570. The van der Waals surface area contributed by atoms with Crippen molar-refractivity contribution in [2.24, 2.45) is 11.1 Å². The fraction of sp³-hybridized carbons (Fsp3) is 0.889. The molecule has 0 unspecified atom stereocenters. The van der Waals surface area contributed by atoms with Crippen LogP contribution in [0.5, 0.6) is 0 Å². The molecule has 0 aliphatic heterocycles. The molecular weight excluding hydrogens is 152 g/mol. The van der Waals surface area contributed by atoms with Gasteiger partial charge in [0.25, 0.3) is 0 Å². The van der Waals surface area contributed by atoms with E-state index in [4.69, 9.17) is 5.73 Å². The molecule has 0 saturated heterocycles. The van der Waals surface area contributed by atoms with Gasteiger partial charge in [-0.05, 0) is 24.8 Å². The third-order valence-corrected chi connectivity index (χ3v) is 2.65. The minimum Gasteiger partial charge on any atom is -0.356 e. The Morgan fingerprint density at radius 3 is 2.17 bits per heavy atom. The highest BCUT2D eigenvalue weighted by Gasteiger charge is 2.23. The molecule has 3 heteroatoms. The normalized spacial score (nSPS) is 11.3. The molecule has 3 N–H and O–H groups in total. The molecule has 0 aliphatic carbocycles. The Morgan fingerprint density at radius 2 is 1.92 bits per heavy atom. The van der Waals surface area contributed by atoms with Crippen LogP contribution < -0.4 is 11.1 Å². The first kappa shape index (κ1) is 11.4. The Kier molecular flexibility index (Phi) is 4.90.